The molecule has 0 spiro atoms. The molecule has 4 rings (SSSR count). The first-order chi connectivity index (χ1) is 14.8. The highest BCUT2D eigenvalue weighted by Gasteiger charge is 2.18. The fourth-order valence-corrected chi connectivity index (χ4v) is 4.71. The highest BCUT2D eigenvalue weighted by atomic mass is 35.5. The third kappa shape index (κ3) is 4.78. The van der Waals surface area contributed by atoms with Crippen LogP contribution in [-0.2, 0) is 22.3 Å². The van der Waals surface area contributed by atoms with Crippen molar-refractivity contribution in [3.05, 3.63) is 100 Å². The molecule has 0 saturated carbocycles. The predicted octanol–water partition coefficient (Wildman–Crippen LogP) is 4.31. The Morgan fingerprint density at radius 3 is 2.48 bits per heavy atom. The van der Waals surface area contributed by atoms with Gasteiger partial charge in [-0.25, -0.2) is 18.1 Å². The molecule has 8 heteroatoms. The van der Waals surface area contributed by atoms with Gasteiger partial charge in [-0.3, -0.25) is 4.79 Å². The summed E-state index contributed by atoms with van der Waals surface area (Å²) in [6, 6.07) is 21.2. The second-order valence-electron chi connectivity index (χ2n) is 7.22. The molecule has 0 radical (unpaired) electrons. The number of aromatic nitrogens is 2. The molecule has 1 heterocycles. The van der Waals surface area contributed by atoms with E-state index in [1.54, 1.807) is 48.5 Å². The van der Waals surface area contributed by atoms with Crippen molar-refractivity contribution in [2.45, 2.75) is 19.2 Å². The lowest BCUT2D eigenvalue weighted by atomic mass is 10.2. The molecule has 0 saturated heterocycles. The largest absolute Gasteiger partial charge is 0.324 e. The van der Waals surface area contributed by atoms with Crippen LogP contribution in [0.2, 0.25) is 5.02 Å². The summed E-state index contributed by atoms with van der Waals surface area (Å²) in [6.45, 7) is 2.36. The van der Waals surface area contributed by atoms with E-state index in [1.807, 2.05) is 35.8 Å². The zero-order valence-electron chi connectivity index (χ0n) is 16.7. The minimum absolute atomic E-state index is 0.240. The molecule has 158 valence electrons. The summed E-state index contributed by atoms with van der Waals surface area (Å²) in [7, 11) is -3.83. The second kappa shape index (κ2) is 8.53. The van der Waals surface area contributed by atoms with Crippen LogP contribution in [0.25, 0.3) is 11.0 Å². The molecule has 1 aromatic heterocycles. The number of benzene rings is 3. The quantitative estimate of drug-likeness (QED) is 0.471. The molecule has 1 N–H and O–H groups in total. The molecule has 0 aliphatic heterocycles. The average molecular weight is 454 g/mol. The normalized spacial score (nSPS) is 11.5. The molecule has 4 aromatic rings. The highest BCUT2D eigenvalue weighted by molar-refractivity contribution is 7.89. The summed E-state index contributed by atoms with van der Waals surface area (Å²) < 4.78 is 29.0. The monoisotopic (exact) mass is 453 g/mol. The number of aryl methyl sites for hydroxylation is 1. The number of halogens is 1. The van der Waals surface area contributed by atoms with Gasteiger partial charge in [0.25, 0.3) is 5.91 Å². The molecule has 0 fully saturated rings. The van der Waals surface area contributed by atoms with E-state index in [4.69, 9.17) is 11.6 Å². The number of carbonyl (C=O) groups is 1. The van der Waals surface area contributed by atoms with Gasteiger partial charge in [0.1, 0.15) is 5.82 Å². The molecule has 0 atom stereocenters. The number of rotatable bonds is 6. The lowest BCUT2D eigenvalue weighted by molar-refractivity contribution is 0.0981. The van der Waals surface area contributed by atoms with Crippen LogP contribution in [0.1, 0.15) is 27.3 Å². The van der Waals surface area contributed by atoms with Gasteiger partial charge >= 0.3 is 0 Å². The lowest BCUT2D eigenvalue weighted by Crippen LogP contribution is -2.31. The van der Waals surface area contributed by atoms with E-state index in [2.05, 4.69) is 9.71 Å². The van der Waals surface area contributed by atoms with Crippen molar-refractivity contribution in [1.82, 2.24) is 14.3 Å². The molecular weight excluding hydrogens is 434 g/mol. The molecule has 31 heavy (non-hydrogen) atoms. The summed E-state index contributed by atoms with van der Waals surface area (Å²) >= 11 is 6.30. The van der Waals surface area contributed by atoms with Crippen LogP contribution in [0.5, 0.6) is 0 Å². The topological polar surface area (TPSA) is 81.1 Å². The van der Waals surface area contributed by atoms with E-state index < -0.39 is 15.9 Å². The third-order valence-corrected chi connectivity index (χ3v) is 6.51. The maximum atomic E-state index is 12.7. The molecule has 6 nitrogen and oxygen atoms in total. The maximum Gasteiger partial charge on any atom is 0.264 e. The lowest BCUT2D eigenvalue weighted by Gasteiger charge is -2.10. The first-order valence-electron chi connectivity index (χ1n) is 9.61. The summed E-state index contributed by atoms with van der Waals surface area (Å²) in [5.74, 6) is -0.184. The Bertz CT molecular complexity index is 1370. The van der Waals surface area contributed by atoms with Crippen LogP contribution in [0, 0.1) is 6.92 Å². The van der Waals surface area contributed by atoms with Gasteiger partial charge in [0.2, 0.25) is 10.0 Å². The Labute approximate surface area is 185 Å². The average Bonchev–Trinajstić information content (AvgIpc) is 3.04. The molecule has 0 unspecified atom stereocenters. The van der Waals surface area contributed by atoms with Crippen LogP contribution in [0.15, 0.2) is 72.8 Å². The Hall–Kier alpha value is -3.16. The number of nitrogens with one attached hydrogen (secondary N) is 1. The van der Waals surface area contributed by atoms with Crippen LogP contribution in [0.4, 0.5) is 0 Å². The van der Waals surface area contributed by atoms with E-state index in [0.29, 0.717) is 22.6 Å². The second-order valence-corrected chi connectivity index (χ2v) is 9.35. The summed E-state index contributed by atoms with van der Waals surface area (Å²) in [5.41, 5.74) is 3.21. The molecule has 0 aliphatic carbocycles. The standard InChI is InChI=1S/C23H20ClN3O3S/c1-16-25-21-12-11-18(13-22(21)27(16)14-19-9-5-6-10-20(19)24)23(28)26-31(29,30)15-17-7-3-2-4-8-17/h2-13H,14-15H2,1H3,(H,26,28). The molecule has 0 bridgehead atoms. The number of fused-ring (bicyclic) bond motifs is 1. The van der Waals surface area contributed by atoms with Crippen LogP contribution in [0.3, 0.4) is 0 Å². The first-order valence-corrected chi connectivity index (χ1v) is 11.6. The van der Waals surface area contributed by atoms with Crippen molar-refractivity contribution in [2.24, 2.45) is 0 Å². The van der Waals surface area contributed by atoms with Crippen LogP contribution >= 0.6 is 11.6 Å². The van der Waals surface area contributed by atoms with Crippen molar-refractivity contribution >= 4 is 38.6 Å². The fourth-order valence-electron chi connectivity index (χ4n) is 3.41. The maximum absolute atomic E-state index is 12.7. The van der Waals surface area contributed by atoms with E-state index in [-0.39, 0.29) is 11.3 Å². The molecule has 1 amide bonds. The number of hydrogen-bond acceptors (Lipinski definition) is 4. The smallest absolute Gasteiger partial charge is 0.264 e. The Morgan fingerprint density at radius 1 is 1.03 bits per heavy atom. The molecular formula is C23H20ClN3O3S. The van der Waals surface area contributed by atoms with Gasteiger partial charge in [0.15, 0.2) is 0 Å². The summed E-state index contributed by atoms with van der Waals surface area (Å²) in [5, 5.41) is 0.643. The Morgan fingerprint density at radius 2 is 1.74 bits per heavy atom. The summed E-state index contributed by atoms with van der Waals surface area (Å²) in [6.07, 6.45) is 0. The number of sulfonamides is 1. The van der Waals surface area contributed by atoms with Gasteiger partial charge in [-0.05, 0) is 42.3 Å². The molecule has 0 aliphatic rings. The van der Waals surface area contributed by atoms with Gasteiger partial charge in [-0.1, -0.05) is 60.1 Å². The predicted molar refractivity (Wildman–Crippen MR) is 122 cm³/mol. The molecule has 3 aromatic carbocycles. The van der Waals surface area contributed by atoms with Crippen molar-refractivity contribution in [1.29, 1.82) is 0 Å². The van der Waals surface area contributed by atoms with Crippen LogP contribution in [-0.4, -0.2) is 23.9 Å². The van der Waals surface area contributed by atoms with E-state index in [9.17, 15) is 13.2 Å². The minimum Gasteiger partial charge on any atom is -0.324 e. The number of carbonyl (C=O) groups excluding carboxylic acids is 1. The highest BCUT2D eigenvalue weighted by Crippen LogP contribution is 2.22. The van der Waals surface area contributed by atoms with E-state index in [0.717, 1.165) is 16.9 Å². The SMILES string of the molecule is Cc1nc2ccc(C(=O)NS(=O)(=O)Cc3ccccc3)cc2n1Cc1ccccc1Cl. The zero-order valence-corrected chi connectivity index (χ0v) is 18.3. The third-order valence-electron chi connectivity index (χ3n) is 4.94. The number of nitrogens with zero attached hydrogens (tertiary/aromatic N) is 2. The summed E-state index contributed by atoms with van der Waals surface area (Å²) in [4.78, 5) is 17.2. The van der Waals surface area contributed by atoms with Crippen molar-refractivity contribution in [2.75, 3.05) is 0 Å². The van der Waals surface area contributed by atoms with E-state index >= 15 is 0 Å². The Kier molecular flexibility index (Phi) is 5.80. The van der Waals surface area contributed by atoms with Crippen molar-refractivity contribution < 1.29 is 13.2 Å². The van der Waals surface area contributed by atoms with Crippen molar-refractivity contribution in [3.8, 4) is 0 Å². The van der Waals surface area contributed by atoms with Gasteiger partial charge in [-0.2, -0.15) is 0 Å². The minimum atomic E-state index is -3.83. The number of amides is 1. The zero-order chi connectivity index (χ0) is 22.0. The van der Waals surface area contributed by atoms with Gasteiger partial charge in [-0.15, -0.1) is 0 Å². The van der Waals surface area contributed by atoms with Gasteiger partial charge in [0, 0.05) is 10.6 Å². The fraction of sp³-hybridized carbons (Fsp3) is 0.130. The first kappa shape index (κ1) is 21.1. The van der Waals surface area contributed by atoms with E-state index in [1.165, 1.54) is 0 Å². The Balaban J connectivity index is 1.61. The van der Waals surface area contributed by atoms with Gasteiger partial charge < -0.3 is 4.57 Å². The van der Waals surface area contributed by atoms with Crippen molar-refractivity contribution in [3.63, 3.8) is 0 Å². The number of hydrogen-bond donors (Lipinski definition) is 1. The number of imidazole rings is 1. The van der Waals surface area contributed by atoms with Crippen LogP contribution < -0.4 is 4.72 Å². The van der Waals surface area contributed by atoms with Gasteiger partial charge in [0.05, 0.1) is 23.3 Å².